The highest BCUT2D eigenvalue weighted by Crippen LogP contribution is 2.45. The van der Waals surface area contributed by atoms with Crippen molar-refractivity contribution in [1.29, 1.82) is 0 Å². The van der Waals surface area contributed by atoms with Crippen LogP contribution in [0.5, 0.6) is 5.75 Å². The van der Waals surface area contributed by atoms with Gasteiger partial charge in [-0.3, -0.25) is 0 Å². The van der Waals surface area contributed by atoms with Gasteiger partial charge in [0.25, 0.3) is 0 Å². The van der Waals surface area contributed by atoms with Gasteiger partial charge in [-0.25, -0.2) is 9.97 Å². The van der Waals surface area contributed by atoms with Crippen LogP contribution in [0.4, 0.5) is 13.2 Å². The van der Waals surface area contributed by atoms with E-state index in [0.29, 0.717) is 16.8 Å². The molecule has 1 saturated carbocycles. The van der Waals surface area contributed by atoms with Crippen LogP contribution in [0.3, 0.4) is 0 Å². The second-order valence-electron chi connectivity index (χ2n) is 4.56. The van der Waals surface area contributed by atoms with Crippen LogP contribution in [0, 0.1) is 0 Å². The van der Waals surface area contributed by atoms with Crippen LogP contribution in [-0.2, 0) is 6.18 Å². The maximum atomic E-state index is 12.8. The number of fused-ring (bicyclic) bond motifs is 1. The van der Waals surface area contributed by atoms with Crippen LogP contribution in [0.1, 0.15) is 30.3 Å². The van der Waals surface area contributed by atoms with E-state index in [-0.39, 0.29) is 11.4 Å². The number of ether oxygens (including phenoxy) is 1. The molecule has 1 fully saturated rings. The van der Waals surface area contributed by atoms with Gasteiger partial charge in [-0.2, -0.15) is 13.2 Å². The molecule has 1 heterocycles. The first-order valence-electron chi connectivity index (χ1n) is 5.92. The summed E-state index contributed by atoms with van der Waals surface area (Å²) in [7, 11) is 1.49. The van der Waals surface area contributed by atoms with Crippen molar-refractivity contribution in [3.05, 3.63) is 29.7 Å². The minimum absolute atomic E-state index is 0.0860. The topological polar surface area (TPSA) is 35.0 Å². The number of rotatable bonds is 2. The van der Waals surface area contributed by atoms with Gasteiger partial charge in [0, 0.05) is 5.92 Å². The Morgan fingerprint density at radius 1 is 1.21 bits per heavy atom. The van der Waals surface area contributed by atoms with Gasteiger partial charge in [0.2, 0.25) is 5.82 Å². The van der Waals surface area contributed by atoms with Crippen molar-refractivity contribution in [1.82, 2.24) is 9.97 Å². The zero-order chi connectivity index (χ0) is 13.6. The number of nitrogens with zero attached hydrogens (tertiary/aromatic N) is 2. The molecule has 0 bridgehead atoms. The van der Waals surface area contributed by atoms with E-state index in [0.717, 1.165) is 12.8 Å². The van der Waals surface area contributed by atoms with Crippen LogP contribution < -0.4 is 4.74 Å². The zero-order valence-electron chi connectivity index (χ0n) is 10.2. The molecule has 2 aromatic rings. The third kappa shape index (κ3) is 2.11. The SMILES string of the molecule is COc1cccc2nc(C(F)(F)F)nc(C3CC3)c12. The fourth-order valence-corrected chi connectivity index (χ4v) is 2.13. The van der Waals surface area contributed by atoms with Gasteiger partial charge in [-0.15, -0.1) is 0 Å². The average molecular weight is 268 g/mol. The number of halogens is 3. The normalized spacial score (nSPS) is 15.8. The molecular weight excluding hydrogens is 257 g/mol. The summed E-state index contributed by atoms with van der Waals surface area (Å²) in [6.07, 6.45) is -2.80. The van der Waals surface area contributed by atoms with Gasteiger partial charge in [-0.1, -0.05) is 6.07 Å². The summed E-state index contributed by atoms with van der Waals surface area (Å²) in [5.74, 6) is -0.467. The first-order valence-corrected chi connectivity index (χ1v) is 5.92. The monoisotopic (exact) mass is 268 g/mol. The largest absolute Gasteiger partial charge is 0.496 e. The Hall–Kier alpha value is -1.85. The maximum Gasteiger partial charge on any atom is 0.451 e. The average Bonchev–Trinajstić information content (AvgIpc) is 3.19. The van der Waals surface area contributed by atoms with Gasteiger partial charge in [0.1, 0.15) is 5.75 Å². The van der Waals surface area contributed by atoms with E-state index >= 15 is 0 Å². The lowest BCUT2D eigenvalue weighted by Crippen LogP contribution is -2.13. The molecule has 3 nitrogen and oxygen atoms in total. The number of hydrogen-bond donors (Lipinski definition) is 0. The van der Waals surface area contributed by atoms with Crippen LogP contribution >= 0.6 is 0 Å². The van der Waals surface area contributed by atoms with E-state index in [9.17, 15) is 13.2 Å². The quantitative estimate of drug-likeness (QED) is 0.835. The van der Waals surface area contributed by atoms with Crippen molar-refractivity contribution < 1.29 is 17.9 Å². The molecule has 0 atom stereocenters. The first kappa shape index (κ1) is 12.2. The molecule has 0 spiro atoms. The van der Waals surface area contributed by atoms with Crippen molar-refractivity contribution in [2.24, 2.45) is 0 Å². The lowest BCUT2D eigenvalue weighted by molar-refractivity contribution is -0.144. The summed E-state index contributed by atoms with van der Waals surface area (Å²) in [6.45, 7) is 0. The molecule has 100 valence electrons. The van der Waals surface area contributed by atoms with Crippen molar-refractivity contribution in [2.75, 3.05) is 7.11 Å². The van der Waals surface area contributed by atoms with Crippen molar-refractivity contribution in [3.63, 3.8) is 0 Å². The van der Waals surface area contributed by atoms with Crippen LogP contribution in [0.15, 0.2) is 18.2 Å². The van der Waals surface area contributed by atoms with Crippen molar-refractivity contribution >= 4 is 10.9 Å². The molecule has 19 heavy (non-hydrogen) atoms. The fourth-order valence-electron chi connectivity index (χ4n) is 2.13. The molecule has 0 unspecified atom stereocenters. The number of alkyl halides is 3. The molecule has 0 aliphatic heterocycles. The molecule has 0 radical (unpaired) electrons. The molecule has 0 amide bonds. The highest BCUT2D eigenvalue weighted by Gasteiger charge is 2.38. The maximum absolute atomic E-state index is 12.8. The number of hydrogen-bond acceptors (Lipinski definition) is 3. The predicted octanol–water partition coefficient (Wildman–Crippen LogP) is 3.53. The van der Waals surface area contributed by atoms with E-state index < -0.39 is 12.0 Å². The van der Waals surface area contributed by atoms with E-state index in [1.807, 2.05) is 0 Å². The number of benzene rings is 1. The van der Waals surface area contributed by atoms with E-state index in [1.54, 1.807) is 18.2 Å². The Morgan fingerprint density at radius 3 is 2.53 bits per heavy atom. The summed E-state index contributed by atoms with van der Waals surface area (Å²) in [4.78, 5) is 7.34. The zero-order valence-corrected chi connectivity index (χ0v) is 10.2. The summed E-state index contributed by atoms with van der Waals surface area (Å²) in [6, 6.07) is 4.90. The van der Waals surface area contributed by atoms with Gasteiger partial charge >= 0.3 is 6.18 Å². The summed E-state index contributed by atoms with van der Waals surface area (Å²) in [5.41, 5.74) is 0.735. The Kier molecular flexibility index (Phi) is 2.62. The third-order valence-corrected chi connectivity index (χ3v) is 3.15. The van der Waals surface area contributed by atoms with Crippen molar-refractivity contribution in [2.45, 2.75) is 24.9 Å². The summed E-state index contributed by atoms with van der Waals surface area (Å²) < 4.78 is 43.6. The van der Waals surface area contributed by atoms with E-state index in [2.05, 4.69) is 9.97 Å². The summed E-state index contributed by atoms with van der Waals surface area (Å²) >= 11 is 0. The molecular formula is C13H11F3N2O. The Labute approximate surface area is 107 Å². The van der Waals surface area contributed by atoms with Gasteiger partial charge in [0.15, 0.2) is 0 Å². The van der Waals surface area contributed by atoms with Crippen LogP contribution in [-0.4, -0.2) is 17.1 Å². The smallest absolute Gasteiger partial charge is 0.451 e. The highest BCUT2D eigenvalue weighted by molar-refractivity contribution is 5.88. The molecule has 1 aliphatic rings. The first-order chi connectivity index (χ1) is 9.00. The molecule has 1 aromatic heterocycles. The van der Waals surface area contributed by atoms with E-state index in [4.69, 9.17) is 4.74 Å². The van der Waals surface area contributed by atoms with Gasteiger partial charge in [-0.05, 0) is 25.0 Å². The van der Waals surface area contributed by atoms with Gasteiger partial charge < -0.3 is 4.74 Å². The molecule has 3 rings (SSSR count). The second-order valence-corrected chi connectivity index (χ2v) is 4.56. The fraction of sp³-hybridized carbons (Fsp3) is 0.385. The second kappa shape index (κ2) is 4.08. The lowest BCUT2D eigenvalue weighted by atomic mass is 10.1. The van der Waals surface area contributed by atoms with Gasteiger partial charge in [0.05, 0.1) is 23.7 Å². The minimum Gasteiger partial charge on any atom is -0.496 e. The van der Waals surface area contributed by atoms with E-state index in [1.165, 1.54) is 7.11 Å². The Bertz CT molecular complexity index is 636. The summed E-state index contributed by atoms with van der Waals surface area (Å²) in [5, 5.41) is 0.598. The standard InChI is InChI=1S/C13H11F3N2O/c1-19-9-4-2-3-8-10(9)11(7-5-6-7)18-12(17-8)13(14,15)16/h2-4,7H,5-6H2,1H3. The highest BCUT2D eigenvalue weighted by atomic mass is 19.4. The number of aromatic nitrogens is 2. The molecule has 0 saturated heterocycles. The Morgan fingerprint density at radius 2 is 1.95 bits per heavy atom. The molecule has 1 aromatic carbocycles. The minimum atomic E-state index is -4.53. The Balaban J connectivity index is 2.31. The number of methoxy groups -OCH3 is 1. The van der Waals surface area contributed by atoms with Crippen LogP contribution in [0.25, 0.3) is 10.9 Å². The lowest BCUT2D eigenvalue weighted by Gasteiger charge is -2.12. The van der Waals surface area contributed by atoms with Crippen LogP contribution in [0.2, 0.25) is 0 Å². The molecule has 6 heteroatoms. The van der Waals surface area contributed by atoms with Crippen molar-refractivity contribution in [3.8, 4) is 5.75 Å². The molecule has 0 N–H and O–H groups in total. The third-order valence-electron chi connectivity index (χ3n) is 3.15. The predicted molar refractivity (Wildman–Crippen MR) is 63.1 cm³/mol. The molecule has 1 aliphatic carbocycles.